The van der Waals surface area contributed by atoms with Crippen molar-refractivity contribution in [1.29, 1.82) is 0 Å². The number of rotatable bonds is 6. The highest BCUT2D eigenvalue weighted by Gasteiger charge is 2.13. The highest BCUT2D eigenvalue weighted by atomic mass is 16.5. The zero-order valence-electron chi connectivity index (χ0n) is 13.2. The van der Waals surface area contributed by atoms with Gasteiger partial charge in [-0.1, -0.05) is 13.3 Å². The molecule has 1 aromatic heterocycles. The minimum atomic E-state index is 0.0811. The first-order chi connectivity index (χ1) is 8.81. The molecule has 0 bridgehead atoms. The van der Waals surface area contributed by atoms with Gasteiger partial charge >= 0.3 is 0 Å². The lowest BCUT2D eigenvalue weighted by molar-refractivity contribution is 0.205. The monoisotopic (exact) mass is 264 g/mol. The molecule has 0 aliphatic heterocycles. The summed E-state index contributed by atoms with van der Waals surface area (Å²) in [4.78, 5) is 4.60. The first-order valence-electron chi connectivity index (χ1n) is 7.20. The van der Waals surface area contributed by atoms with Crippen LogP contribution in [0.2, 0.25) is 0 Å². The fourth-order valence-corrected chi connectivity index (χ4v) is 1.86. The van der Waals surface area contributed by atoms with Crippen LogP contribution in [-0.4, -0.2) is 16.6 Å². The smallest absolute Gasteiger partial charge is 0.142 e. The third-order valence-electron chi connectivity index (χ3n) is 2.88. The van der Waals surface area contributed by atoms with Gasteiger partial charge in [-0.2, -0.15) is 0 Å². The summed E-state index contributed by atoms with van der Waals surface area (Å²) in [5.41, 5.74) is 2.11. The third-order valence-corrected chi connectivity index (χ3v) is 2.88. The van der Waals surface area contributed by atoms with E-state index in [4.69, 9.17) is 4.74 Å². The van der Waals surface area contributed by atoms with E-state index in [1.165, 1.54) is 0 Å². The molecule has 108 valence electrons. The summed E-state index contributed by atoms with van der Waals surface area (Å²) in [5.74, 6) is 0.906. The average molecular weight is 264 g/mol. The Morgan fingerprint density at radius 3 is 2.58 bits per heavy atom. The molecular weight excluding hydrogens is 236 g/mol. The van der Waals surface area contributed by atoms with Gasteiger partial charge in [0.05, 0.1) is 11.8 Å². The van der Waals surface area contributed by atoms with Crippen molar-refractivity contribution in [1.82, 2.24) is 10.3 Å². The van der Waals surface area contributed by atoms with E-state index < -0.39 is 0 Å². The van der Waals surface area contributed by atoms with Gasteiger partial charge in [-0.3, -0.25) is 4.98 Å². The van der Waals surface area contributed by atoms with Gasteiger partial charge in [-0.25, -0.2) is 0 Å². The Labute approximate surface area is 117 Å². The maximum Gasteiger partial charge on any atom is 0.142 e. The number of aryl methyl sites for hydroxylation is 1. The van der Waals surface area contributed by atoms with E-state index in [0.29, 0.717) is 0 Å². The number of nitrogens with one attached hydrogen (secondary N) is 1. The Morgan fingerprint density at radius 2 is 2.00 bits per heavy atom. The van der Waals surface area contributed by atoms with Gasteiger partial charge in [-0.15, -0.1) is 0 Å². The molecule has 0 amide bonds. The van der Waals surface area contributed by atoms with Crippen molar-refractivity contribution < 1.29 is 4.74 Å². The van der Waals surface area contributed by atoms with Crippen molar-refractivity contribution in [2.45, 2.75) is 72.6 Å². The molecular formula is C16H28N2O. The van der Waals surface area contributed by atoms with Crippen molar-refractivity contribution in [2.24, 2.45) is 0 Å². The SMILES string of the molecule is CCCC(C)Oc1ccc(C)nc1CNC(C)(C)C. The van der Waals surface area contributed by atoms with Crippen molar-refractivity contribution in [3.05, 3.63) is 23.5 Å². The first-order valence-corrected chi connectivity index (χ1v) is 7.20. The fraction of sp³-hybridized carbons (Fsp3) is 0.688. The Morgan fingerprint density at radius 1 is 1.32 bits per heavy atom. The van der Waals surface area contributed by atoms with Crippen LogP contribution in [0, 0.1) is 6.92 Å². The summed E-state index contributed by atoms with van der Waals surface area (Å²) in [6, 6.07) is 4.04. The van der Waals surface area contributed by atoms with Crippen LogP contribution in [0.1, 0.15) is 58.8 Å². The Balaban J connectivity index is 2.79. The maximum absolute atomic E-state index is 6.00. The van der Waals surface area contributed by atoms with E-state index in [1.54, 1.807) is 0 Å². The van der Waals surface area contributed by atoms with E-state index >= 15 is 0 Å². The third kappa shape index (κ3) is 6.06. The lowest BCUT2D eigenvalue weighted by Crippen LogP contribution is -2.35. The summed E-state index contributed by atoms with van der Waals surface area (Å²) in [6.07, 6.45) is 2.44. The molecule has 19 heavy (non-hydrogen) atoms. The number of nitrogens with zero attached hydrogens (tertiary/aromatic N) is 1. The second-order valence-corrected chi connectivity index (χ2v) is 6.22. The van der Waals surface area contributed by atoms with Gasteiger partial charge in [-0.05, 0) is 53.2 Å². The van der Waals surface area contributed by atoms with E-state index in [2.05, 4.69) is 44.9 Å². The summed E-state index contributed by atoms with van der Waals surface area (Å²) >= 11 is 0. The van der Waals surface area contributed by atoms with Crippen molar-refractivity contribution in [2.75, 3.05) is 0 Å². The van der Waals surface area contributed by atoms with Gasteiger partial charge in [0, 0.05) is 17.8 Å². The Hall–Kier alpha value is -1.09. The van der Waals surface area contributed by atoms with Gasteiger partial charge in [0.15, 0.2) is 0 Å². The van der Waals surface area contributed by atoms with Gasteiger partial charge < -0.3 is 10.1 Å². The predicted octanol–water partition coefficient (Wildman–Crippen LogP) is 3.85. The van der Waals surface area contributed by atoms with Crippen LogP contribution in [0.5, 0.6) is 5.75 Å². The zero-order valence-corrected chi connectivity index (χ0v) is 13.2. The number of pyridine rings is 1. The highest BCUT2D eigenvalue weighted by Crippen LogP contribution is 2.20. The summed E-state index contributed by atoms with van der Waals surface area (Å²) in [7, 11) is 0. The lowest BCUT2D eigenvalue weighted by atomic mass is 10.1. The minimum Gasteiger partial charge on any atom is -0.489 e. The molecule has 0 radical (unpaired) electrons. The standard InChI is InChI=1S/C16H28N2O/c1-7-8-13(3)19-15-10-9-12(2)18-14(15)11-17-16(4,5)6/h9-10,13,17H,7-8,11H2,1-6H3. The second kappa shape index (κ2) is 6.90. The first kappa shape index (κ1) is 16.0. The quantitative estimate of drug-likeness (QED) is 0.847. The molecule has 1 atom stereocenters. The second-order valence-electron chi connectivity index (χ2n) is 6.22. The average Bonchev–Trinajstić information content (AvgIpc) is 2.29. The molecule has 0 aliphatic rings. The minimum absolute atomic E-state index is 0.0811. The van der Waals surface area contributed by atoms with Crippen molar-refractivity contribution >= 4 is 0 Å². The molecule has 0 fully saturated rings. The van der Waals surface area contributed by atoms with E-state index in [-0.39, 0.29) is 11.6 Å². The molecule has 1 aromatic rings. The Kier molecular flexibility index (Phi) is 5.80. The summed E-state index contributed by atoms with van der Waals surface area (Å²) in [5, 5.41) is 3.47. The molecule has 0 saturated heterocycles. The van der Waals surface area contributed by atoms with Crippen LogP contribution in [-0.2, 0) is 6.54 Å². The molecule has 0 spiro atoms. The molecule has 3 nitrogen and oxygen atoms in total. The zero-order chi connectivity index (χ0) is 14.5. The maximum atomic E-state index is 6.00. The van der Waals surface area contributed by atoms with Gasteiger partial charge in [0.1, 0.15) is 5.75 Å². The topological polar surface area (TPSA) is 34.1 Å². The normalized spacial score (nSPS) is 13.4. The number of ether oxygens (including phenoxy) is 1. The van der Waals surface area contributed by atoms with Gasteiger partial charge in [0.25, 0.3) is 0 Å². The number of hydrogen-bond acceptors (Lipinski definition) is 3. The fourth-order valence-electron chi connectivity index (χ4n) is 1.86. The number of hydrogen-bond donors (Lipinski definition) is 1. The van der Waals surface area contributed by atoms with Crippen LogP contribution in [0.15, 0.2) is 12.1 Å². The van der Waals surface area contributed by atoms with Crippen LogP contribution >= 0.6 is 0 Å². The summed E-state index contributed by atoms with van der Waals surface area (Å²) < 4.78 is 6.00. The molecule has 1 N–H and O–H groups in total. The van der Waals surface area contributed by atoms with Crippen molar-refractivity contribution in [3.63, 3.8) is 0 Å². The van der Waals surface area contributed by atoms with Crippen LogP contribution in [0.3, 0.4) is 0 Å². The molecule has 0 saturated carbocycles. The molecule has 3 heteroatoms. The molecule has 0 aliphatic carbocycles. The van der Waals surface area contributed by atoms with E-state index in [0.717, 1.165) is 36.5 Å². The molecule has 0 aromatic carbocycles. The predicted molar refractivity (Wildman–Crippen MR) is 80.6 cm³/mol. The molecule has 1 unspecified atom stereocenters. The highest BCUT2D eigenvalue weighted by molar-refractivity contribution is 5.29. The van der Waals surface area contributed by atoms with E-state index in [1.807, 2.05) is 19.1 Å². The van der Waals surface area contributed by atoms with Crippen molar-refractivity contribution in [3.8, 4) is 5.75 Å². The van der Waals surface area contributed by atoms with Crippen LogP contribution in [0.25, 0.3) is 0 Å². The van der Waals surface area contributed by atoms with E-state index in [9.17, 15) is 0 Å². The van der Waals surface area contributed by atoms with Gasteiger partial charge in [0.2, 0.25) is 0 Å². The largest absolute Gasteiger partial charge is 0.489 e. The van der Waals surface area contributed by atoms with Crippen LogP contribution in [0.4, 0.5) is 0 Å². The van der Waals surface area contributed by atoms with Crippen LogP contribution < -0.4 is 10.1 Å². The molecule has 1 heterocycles. The Bertz CT molecular complexity index is 396. The lowest BCUT2D eigenvalue weighted by Gasteiger charge is -2.22. The summed E-state index contributed by atoms with van der Waals surface area (Å²) in [6.45, 7) is 13.5. The number of aromatic nitrogens is 1. The molecule has 1 rings (SSSR count).